The minimum atomic E-state index is -0.228. The standard InChI is InChI=1S/C15H18N2O/c18-12-16-15(7-8-15)14-5-3-13(4-6-14)11-17-9-1-2-10-17/h3-6H,1-2,7-11H2. The molecule has 0 atom stereocenters. The lowest BCUT2D eigenvalue weighted by atomic mass is 10.0. The molecule has 0 N–H and O–H groups in total. The lowest BCUT2D eigenvalue weighted by molar-refractivity contribution is 0.331. The second-order valence-corrected chi connectivity index (χ2v) is 5.41. The molecule has 1 aromatic carbocycles. The van der Waals surface area contributed by atoms with Gasteiger partial charge in [0.05, 0.1) is 5.54 Å². The molecule has 1 aliphatic carbocycles. The molecule has 0 spiro atoms. The maximum absolute atomic E-state index is 10.4. The zero-order valence-corrected chi connectivity index (χ0v) is 10.6. The van der Waals surface area contributed by atoms with Crippen LogP contribution in [0.2, 0.25) is 0 Å². The van der Waals surface area contributed by atoms with Crippen LogP contribution >= 0.6 is 0 Å². The van der Waals surface area contributed by atoms with Gasteiger partial charge < -0.3 is 0 Å². The molecule has 3 heteroatoms. The third-order valence-corrected chi connectivity index (χ3v) is 4.08. The third kappa shape index (κ3) is 2.24. The fourth-order valence-electron chi connectivity index (χ4n) is 2.79. The van der Waals surface area contributed by atoms with E-state index < -0.39 is 0 Å². The molecular weight excluding hydrogens is 224 g/mol. The van der Waals surface area contributed by atoms with E-state index in [-0.39, 0.29) is 5.54 Å². The van der Waals surface area contributed by atoms with Crippen molar-refractivity contribution >= 4 is 6.08 Å². The van der Waals surface area contributed by atoms with Gasteiger partial charge in [0, 0.05) is 6.54 Å². The molecule has 3 nitrogen and oxygen atoms in total. The fraction of sp³-hybridized carbons (Fsp3) is 0.533. The van der Waals surface area contributed by atoms with Crippen LogP contribution in [-0.2, 0) is 16.9 Å². The molecular formula is C15H18N2O. The van der Waals surface area contributed by atoms with E-state index in [0.717, 1.165) is 24.9 Å². The Balaban J connectivity index is 1.71. The largest absolute Gasteiger partial charge is 0.299 e. The van der Waals surface area contributed by atoms with Gasteiger partial charge in [0.2, 0.25) is 6.08 Å². The summed E-state index contributed by atoms with van der Waals surface area (Å²) in [5.74, 6) is 0. The van der Waals surface area contributed by atoms with Crippen molar-refractivity contribution in [3.63, 3.8) is 0 Å². The summed E-state index contributed by atoms with van der Waals surface area (Å²) in [6.07, 6.45) is 6.33. The molecule has 0 aromatic heterocycles. The van der Waals surface area contributed by atoms with Crippen LogP contribution in [-0.4, -0.2) is 24.1 Å². The van der Waals surface area contributed by atoms with Crippen LogP contribution in [0, 0.1) is 0 Å². The topological polar surface area (TPSA) is 32.7 Å². The van der Waals surface area contributed by atoms with Crippen molar-refractivity contribution in [2.75, 3.05) is 13.1 Å². The molecule has 0 unspecified atom stereocenters. The zero-order valence-electron chi connectivity index (χ0n) is 10.6. The highest BCUT2D eigenvalue weighted by molar-refractivity contribution is 5.41. The molecule has 0 amide bonds. The quantitative estimate of drug-likeness (QED) is 0.600. The molecule has 1 saturated heterocycles. The molecule has 94 valence electrons. The number of hydrogen-bond acceptors (Lipinski definition) is 3. The minimum Gasteiger partial charge on any atom is -0.299 e. The van der Waals surface area contributed by atoms with Gasteiger partial charge in [-0.05, 0) is 49.9 Å². The summed E-state index contributed by atoms with van der Waals surface area (Å²) >= 11 is 0. The van der Waals surface area contributed by atoms with Gasteiger partial charge in [0.1, 0.15) is 0 Å². The average molecular weight is 242 g/mol. The Kier molecular flexibility index (Phi) is 3.02. The number of aliphatic imine (C=N–C) groups is 1. The summed E-state index contributed by atoms with van der Waals surface area (Å²) in [6.45, 7) is 3.49. The lowest BCUT2D eigenvalue weighted by Gasteiger charge is -2.15. The second-order valence-electron chi connectivity index (χ2n) is 5.41. The van der Waals surface area contributed by atoms with Crippen molar-refractivity contribution in [1.29, 1.82) is 0 Å². The van der Waals surface area contributed by atoms with Gasteiger partial charge in [-0.1, -0.05) is 24.3 Å². The SMILES string of the molecule is O=C=NC1(c2ccc(CN3CCCC3)cc2)CC1. The van der Waals surface area contributed by atoms with Gasteiger partial charge in [-0.2, -0.15) is 4.99 Å². The maximum Gasteiger partial charge on any atom is 0.235 e. The zero-order chi connectivity index (χ0) is 12.4. The summed E-state index contributed by atoms with van der Waals surface area (Å²) in [7, 11) is 0. The molecule has 1 aliphatic heterocycles. The van der Waals surface area contributed by atoms with Crippen LogP contribution in [0.4, 0.5) is 0 Å². The van der Waals surface area contributed by atoms with E-state index in [1.807, 2.05) is 0 Å². The van der Waals surface area contributed by atoms with Crippen LogP contribution in [0.1, 0.15) is 36.8 Å². The van der Waals surface area contributed by atoms with E-state index in [0.29, 0.717) is 0 Å². The van der Waals surface area contributed by atoms with Crippen LogP contribution in [0.25, 0.3) is 0 Å². The fourth-order valence-corrected chi connectivity index (χ4v) is 2.79. The van der Waals surface area contributed by atoms with E-state index in [9.17, 15) is 4.79 Å². The molecule has 0 bridgehead atoms. The number of nitrogens with zero attached hydrogens (tertiary/aromatic N) is 2. The molecule has 18 heavy (non-hydrogen) atoms. The summed E-state index contributed by atoms with van der Waals surface area (Å²) in [4.78, 5) is 16.9. The van der Waals surface area contributed by atoms with Crippen molar-refractivity contribution in [2.24, 2.45) is 4.99 Å². The van der Waals surface area contributed by atoms with Gasteiger partial charge in [-0.15, -0.1) is 0 Å². The van der Waals surface area contributed by atoms with Gasteiger partial charge in [0.15, 0.2) is 0 Å². The first kappa shape index (κ1) is 11.6. The Morgan fingerprint density at radius 3 is 2.39 bits per heavy atom. The number of hydrogen-bond donors (Lipinski definition) is 0. The van der Waals surface area contributed by atoms with Crippen molar-refractivity contribution in [3.05, 3.63) is 35.4 Å². The Morgan fingerprint density at radius 2 is 1.83 bits per heavy atom. The monoisotopic (exact) mass is 242 g/mol. The first-order valence-corrected chi connectivity index (χ1v) is 6.73. The van der Waals surface area contributed by atoms with Gasteiger partial charge in [-0.25, -0.2) is 4.79 Å². The normalized spacial score (nSPS) is 21.6. The van der Waals surface area contributed by atoms with Crippen LogP contribution < -0.4 is 0 Å². The predicted octanol–water partition coefficient (Wildman–Crippen LogP) is 2.61. The molecule has 2 aliphatic rings. The number of likely N-dealkylation sites (tertiary alicyclic amines) is 1. The number of benzene rings is 1. The van der Waals surface area contributed by atoms with E-state index >= 15 is 0 Å². The summed E-state index contributed by atoms with van der Waals surface area (Å²) in [5, 5.41) is 0. The highest BCUT2D eigenvalue weighted by atomic mass is 16.1. The molecule has 1 aromatic rings. The molecule has 1 saturated carbocycles. The van der Waals surface area contributed by atoms with Crippen LogP contribution in [0.5, 0.6) is 0 Å². The van der Waals surface area contributed by atoms with Gasteiger partial charge in [0.25, 0.3) is 0 Å². The van der Waals surface area contributed by atoms with E-state index in [2.05, 4.69) is 34.2 Å². The van der Waals surface area contributed by atoms with Gasteiger partial charge >= 0.3 is 0 Å². The lowest BCUT2D eigenvalue weighted by Crippen LogP contribution is -2.18. The predicted molar refractivity (Wildman–Crippen MR) is 70.0 cm³/mol. The molecule has 3 rings (SSSR count). The van der Waals surface area contributed by atoms with E-state index in [4.69, 9.17) is 0 Å². The molecule has 2 fully saturated rings. The van der Waals surface area contributed by atoms with E-state index in [1.165, 1.54) is 31.5 Å². The Hall–Kier alpha value is -1.44. The Labute approximate surface area is 108 Å². The average Bonchev–Trinajstić information content (AvgIpc) is 2.99. The minimum absolute atomic E-state index is 0.228. The Morgan fingerprint density at radius 1 is 1.17 bits per heavy atom. The van der Waals surface area contributed by atoms with Crippen molar-refractivity contribution < 1.29 is 4.79 Å². The third-order valence-electron chi connectivity index (χ3n) is 4.08. The molecule has 1 heterocycles. The first-order chi connectivity index (χ1) is 8.82. The number of rotatable bonds is 4. The summed E-state index contributed by atoms with van der Waals surface area (Å²) in [5.41, 5.74) is 2.29. The van der Waals surface area contributed by atoms with Crippen molar-refractivity contribution in [3.8, 4) is 0 Å². The highest BCUT2D eigenvalue weighted by Crippen LogP contribution is 2.49. The smallest absolute Gasteiger partial charge is 0.235 e. The summed E-state index contributed by atoms with van der Waals surface area (Å²) in [6, 6.07) is 8.60. The first-order valence-electron chi connectivity index (χ1n) is 6.73. The molecule has 0 radical (unpaired) electrons. The van der Waals surface area contributed by atoms with Crippen LogP contribution in [0.3, 0.4) is 0 Å². The maximum atomic E-state index is 10.4. The van der Waals surface area contributed by atoms with E-state index in [1.54, 1.807) is 6.08 Å². The van der Waals surface area contributed by atoms with Crippen LogP contribution in [0.15, 0.2) is 29.3 Å². The highest BCUT2D eigenvalue weighted by Gasteiger charge is 2.44. The number of carbonyl (C=O) groups excluding carboxylic acids is 1. The van der Waals surface area contributed by atoms with Crippen molar-refractivity contribution in [2.45, 2.75) is 37.8 Å². The second kappa shape index (κ2) is 4.68. The van der Waals surface area contributed by atoms with Gasteiger partial charge in [-0.3, -0.25) is 4.90 Å². The summed E-state index contributed by atoms with van der Waals surface area (Å²) < 4.78 is 0. The van der Waals surface area contributed by atoms with Crippen molar-refractivity contribution in [1.82, 2.24) is 4.90 Å². The Bertz CT molecular complexity index is 464. The number of isocyanates is 1.